The number of aromatic nitrogens is 6. The van der Waals surface area contributed by atoms with Crippen LogP contribution >= 0.6 is 0 Å². The predicted molar refractivity (Wildman–Crippen MR) is 252 cm³/mol. The van der Waals surface area contributed by atoms with Crippen molar-refractivity contribution in [3.8, 4) is 16.9 Å². The molecule has 5 N–H and O–H groups in total. The predicted octanol–water partition coefficient (Wildman–Crippen LogP) is 5.60. The van der Waals surface area contributed by atoms with Gasteiger partial charge in [0.05, 0.1) is 67.0 Å². The molecule has 1 unspecified atom stereocenters. The molecule has 70 heavy (non-hydrogen) atoms. The molecule has 2 aliphatic heterocycles. The highest BCUT2D eigenvalue weighted by molar-refractivity contribution is 6.26. The number of amides is 5. The summed E-state index contributed by atoms with van der Waals surface area (Å²) in [6.45, 7) is 9.23. The number of nitrogens with zero attached hydrogens (tertiary/aromatic N) is 6. The number of benzene rings is 2. The van der Waals surface area contributed by atoms with Crippen LogP contribution in [-0.4, -0.2) is 130 Å². The Balaban J connectivity index is 0.715. The molecule has 3 aliphatic rings. The number of nitrogens with one attached hydrogen (secondary N) is 5. The van der Waals surface area contributed by atoms with Crippen molar-refractivity contribution in [2.75, 3.05) is 70.5 Å². The zero-order chi connectivity index (χ0) is 49.1. The third kappa shape index (κ3) is 9.53. The number of hydrogen-bond acceptors (Lipinski definition) is 16. The summed E-state index contributed by atoms with van der Waals surface area (Å²) in [5.41, 5.74) is 4.90. The highest BCUT2D eigenvalue weighted by Gasteiger charge is 2.57. The molecule has 0 bridgehead atoms. The number of aromatic amines is 1. The van der Waals surface area contributed by atoms with Crippen molar-refractivity contribution < 1.29 is 51.8 Å². The summed E-state index contributed by atoms with van der Waals surface area (Å²) in [7, 11) is 1.62. The van der Waals surface area contributed by atoms with E-state index >= 15 is 4.39 Å². The molecule has 9 rings (SSSR count). The fourth-order valence-corrected chi connectivity index (χ4v) is 8.77. The van der Waals surface area contributed by atoms with Crippen LogP contribution in [0.2, 0.25) is 0 Å². The van der Waals surface area contributed by atoms with E-state index in [-0.39, 0.29) is 23.4 Å². The zero-order valence-corrected chi connectivity index (χ0v) is 39.3. The lowest BCUT2D eigenvalue weighted by atomic mass is 10.0. The fraction of sp³-hybridized carbons (Fsp3) is 0.438. The molecule has 368 valence electrons. The SMILES string of the molecule is CCn1nc(C2CC2)cc1Nc1nc(C(=O)NCCCOCCOCCOCCCNc2cccc3c2C(=O)N(C2(F)CCC(=O)NC2=O)C3=O)nc2[nH]c3cc(-c4c(C)noc4C)c(OC)cc3c12. The van der Waals surface area contributed by atoms with E-state index in [4.69, 9.17) is 38.5 Å². The summed E-state index contributed by atoms with van der Waals surface area (Å²) < 4.78 is 46.0. The van der Waals surface area contributed by atoms with Gasteiger partial charge in [-0.1, -0.05) is 11.2 Å². The Labute approximate surface area is 400 Å². The number of halogens is 1. The minimum atomic E-state index is -2.96. The number of carbonyl (C=O) groups excluding carboxylic acids is 5. The second-order valence-electron chi connectivity index (χ2n) is 17.2. The number of aryl methyl sites for hydroxylation is 3. The average molecular weight is 964 g/mol. The van der Waals surface area contributed by atoms with Crippen molar-refractivity contribution in [3.05, 3.63) is 70.5 Å². The lowest BCUT2D eigenvalue weighted by Gasteiger charge is -2.34. The van der Waals surface area contributed by atoms with Gasteiger partial charge in [0.1, 0.15) is 28.8 Å². The molecule has 1 saturated heterocycles. The van der Waals surface area contributed by atoms with Gasteiger partial charge < -0.3 is 44.4 Å². The van der Waals surface area contributed by atoms with Crippen LogP contribution in [0.4, 0.5) is 21.7 Å². The van der Waals surface area contributed by atoms with Crippen LogP contribution in [0, 0.1) is 13.8 Å². The number of carbonyl (C=O) groups is 5. The minimum Gasteiger partial charge on any atom is -0.496 e. The topological polar surface area (TPSA) is 259 Å². The minimum absolute atomic E-state index is 0.0110. The van der Waals surface area contributed by atoms with E-state index in [0.717, 1.165) is 52.1 Å². The molecule has 6 heterocycles. The van der Waals surface area contributed by atoms with Crippen molar-refractivity contribution in [2.45, 2.75) is 77.6 Å². The number of alkyl halides is 1. The van der Waals surface area contributed by atoms with E-state index in [1.807, 2.05) is 49.0 Å². The van der Waals surface area contributed by atoms with E-state index in [0.29, 0.717) is 117 Å². The summed E-state index contributed by atoms with van der Waals surface area (Å²) in [4.78, 5) is 77.0. The molecule has 22 heteroatoms. The first-order valence-corrected chi connectivity index (χ1v) is 23.4. The summed E-state index contributed by atoms with van der Waals surface area (Å²) in [5.74, 6) is -4.35. The molecule has 0 spiro atoms. The fourth-order valence-electron chi connectivity index (χ4n) is 8.77. The normalized spacial score (nSPS) is 16.9. The number of anilines is 3. The van der Waals surface area contributed by atoms with Gasteiger partial charge in [0.15, 0.2) is 0 Å². The van der Waals surface area contributed by atoms with E-state index in [2.05, 4.69) is 26.1 Å². The molecule has 2 aromatic carbocycles. The number of piperidine rings is 1. The zero-order valence-electron chi connectivity index (χ0n) is 39.3. The number of imide groups is 2. The van der Waals surface area contributed by atoms with Crippen molar-refractivity contribution >= 4 is 68.8 Å². The van der Waals surface area contributed by atoms with Crippen molar-refractivity contribution in [3.63, 3.8) is 0 Å². The summed E-state index contributed by atoms with van der Waals surface area (Å²) in [6, 6.07) is 10.5. The molecular formula is C48H54FN11O10. The molecule has 1 aliphatic carbocycles. The van der Waals surface area contributed by atoms with Crippen LogP contribution in [0.3, 0.4) is 0 Å². The van der Waals surface area contributed by atoms with Gasteiger partial charge in [-0.15, -0.1) is 0 Å². The van der Waals surface area contributed by atoms with Crippen molar-refractivity contribution in [1.82, 2.24) is 45.4 Å². The van der Waals surface area contributed by atoms with Gasteiger partial charge in [0.25, 0.3) is 29.4 Å². The number of H-pyrrole nitrogens is 1. The van der Waals surface area contributed by atoms with Gasteiger partial charge in [-0.2, -0.15) is 5.10 Å². The van der Waals surface area contributed by atoms with Crippen LogP contribution < -0.4 is 26.0 Å². The van der Waals surface area contributed by atoms with Crippen LogP contribution in [0.15, 0.2) is 40.9 Å². The molecule has 21 nitrogen and oxygen atoms in total. The first kappa shape index (κ1) is 47.8. The summed E-state index contributed by atoms with van der Waals surface area (Å²) >= 11 is 0. The van der Waals surface area contributed by atoms with Crippen molar-refractivity contribution in [1.29, 1.82) is 0 Å². The van der Waals surface area contributed by atoms with Crippen molar-refractivity contribution in [2.24, 2.45) is 0 Å². The Morgan fingerprint density at radius 2 is 1.67 bits per heavy atom. The second kappa shape index (κ2) is 20.3. The monoisotopic (exact) mass is 963 g/mol. The Kier molecular flexibility index (Phi) is 13.9. The highest BCUT2D eigenvalue weighted by Crippen LogP contribution is 2.43. The third-order valence-corrected chi connectivity index (χ3v) is 12.4. The Morgan fingerprint density at radius 1 is 0.929 bits per heavy atom. The molecule has 1 saturated carbocycles. The van der Waals surface area contributed by atoms with Crippen LogP contribution in [0.1, 0.15) is 99.8 Å². The number of fused-ring (bicyclic) bond motifs is 4. The van der Waals surface area contributed by atoms with Gasteiger partial charge in [-0.3, -0.25) is 29.3 Å². The molecule has 0 radical (unpaired) electrons. The Bertz CT molecular complexity index is 2980. The van der Waals surface area contributed by atoms with Crippen LogP contribution in [0.5, 0.6) is 5.75 Å². The quantitative estimate of drug-likeness (QED) is 0.0297. The smallest absolute Gasteiger partial charge is 0.289 e. The third-order valence-electron chi connectivity index (χ3n) is 12.4. The van der Waals surface area contributed by atoms with Gasteiger partial charge in [0, 0.05) is 79.8 Å². The molecular weight excluding hydrogens is 910 g/mol. The largest absolute Gasteiger partial charge is 0.496 e. The summed E-state index contributed by atoms with van der Waals surface area (Å²) in [6.07, 6.45) is 2.36. The maximum Gasteiger partial charge on any atom is 0.289 e. The highest BCUT2D eigenvalue weighted by atomic mass is 19.1. The Morgan fingerprint density at radius 3 is 2.36 bits per heavy atom. The maximum atomic E-state index is 15.7. The van der Waals surface area contributed by atoms with E-state index in [1.54, 1.807) is 19.2 Å². The first-order chi connectivity index (χ1) is 33.9. The van der Waals surface area contributed by atoms with Gasteiger partial charge in [-0.05, 0) is 70.7 Å². The van der Waals surface area contributed by atoms with Gasteiger partial charge in [0.2, 0.25) is 11.7 Å². The van der Waals surface area contributed by atoms with Gasteiger partial charge >= 0.3 is 0 Å². The standard InChI is InChI=1S/C48H54FN11O10/c1-5-59-36(25-33(57-59)28-11-12-28)53-42-40-30-24-35(66-4)31(38-26(2)58-70-27(38)3)23-34(30)52-41(40)55-43(56-42)44(62)51-16-8-18-68-20-22-69-21-19-67-17-7-15-50-32-10-6-9-29-39(32)46(64)60(45(29)63)48(49)14-13-37(61)54-47(48)65/h6,9-10,23-25,28,50H,5,7-8,11-22H2,1-4H3,(H,51,62)(H,54,61,65)(H2,52,53,55,56). The second-order valence-corrected chi connectivity index (χ2v) is 17.2. The Hall–Kier alpha value is -7.30. The maximum absolute atomic E-state index is 15.7. The molecule has 2 fully saturated rings. The molecule has 1 atom stereocenters. The number of methoxy groups -OCH3 is 1. The first-order valence-electron chi connectivity index (χ1n) is 23.4. The average Bonchev–Trinajstić information content (AvgIpc) is 3.78. The lowest BCUT2D eigenvalue weighted by Crippen LogP contribution is -2.61. The molecule has 5 amide bonds. The molecule has 4 aromatic heterocycles. The molecule has 6 aromatic rings. The number of hydrogen-bond donors (Lipinski definition) is 5. The van der Waals surface area contributed by atoms with Crippen LogP contribution in [-0.2, 0) is 30.3 Å². The van der Waals surface area contributed by atoms with Gasteiger partial charge in [-0.25, -0.2) is 23.9 Å². The summed E-state index contributed by atoms with van der Waals surface area (Å²) in [5, 5.41) is 21.8. The van der Waals surface area contributed by atoms with E-state index < -0.39 is 41.7 Å². The van der Waals surface area contributed by atoms with E-state index in [9.17, 15) is 24.0 Å². The number of ether oxygens (including phenoxy) is 4. The van der Waals surface area contributed by atoms with E-state index in [1.165, 1.54) is 6.07 Å². The number of rotatable bonds is 23. The van der Waals surface area contributed by atoms with Crippen LogP contribution in [0.25, 0.3) is 33.1 Å². The lowest BCUT2D eigenvalue weighted by molar-refractivity contribution is -0.151.